The maximum absolute atomic E-state index is 12.9. The SMILES string of the molecule is O=C(c1ccccc1Cl)N1C2CCC1c1cncnc1C2. The van der Waals surface area contributed by atoms with Gasteiger partial charge in [0, 0.05) is 24.2 Å². The molecule has 2 aliphatic rings. The Morgan fingerprint density at radius 2 is 2.14 bits per heavy atom. The predicted octanol–water partition coefficient (Wildman–Crippen LogP) is 3.03. The highest BCUT2D eigenvalue weighted by Gasteiger charge is 2.43. The Bertz CT molecular complexity index is 718. The van der Waals surface area contributed by atoms with Gasteiger partial charge < -0.3 is 4.90 Å². The van der Waals surface area contributed by atoms with Crippen LogP contribution in [-0.4, -0.2) is 26.8 Å². The molecule has 1 amide bonds. The third kappa shape index (κ3) is 1.94. The van der Waals surface area contributed by atoms with Crippen molar-refractivity contribution in [1.29, 1.82) is 0 Å². The van der Waals surface area contributed by atoms with Crippen LogP contribution in [0.15, 0.2) is 36.8 Å². The van der Waals surface area contributed by atoms with E-state index in [1.165, 1.54) is 0 Å². The summed E-state index contributed by atoms with van der Waals surface area (Å²) in [5.41, 5.74) is 2.75. The van der Waals surface area contributed by atoms with E-state index in [1.54, 1.807) is 18.5 Å². The largest absolute Gasteiger partial charge is 0.328 e. The molecule has 106 valence electrons. The fraction of sp³-hybridized carbons (Fsp3) is 0.312. The lowest BCUT2D eigenvalue weighted by molar-refractivity contribution is 0.0644. The Kier molecular flexibility index (Phi) is 2.93. The molecule has 1 saturated heterocycles. The summed E-state index contributed by atoms with van der Waals surface area (Å²) in [6.07, 6.45) is 6.23. The van der Waals surface area contributed by atoms with Crippen LogP contribution in [0.2, 0.25) is 5.02 Å². The minimum Gasteiger partial charge on any atom is -0.328 e. The topological polar surface area (TPSA) is 46.1 Å². The van der Waals surface area contributed by atoms with E-state index in [2.05, 4.69) is 9.97 Å². The molecule has 2 aliphatic heterocycles. The standard InChI is InChI=1S/C16H14ClN3O/c17-13-4-2-1-3-11(13)16(21)20-10-5-6-15(20)12-8-18-9-19-14(12)7-10/h1-4,8-10,15H,5-7H2. The number of rotatable bonds is 1. The first-order valence-electron chi connectivity index (χ1n) is 7.11. The summed E-state index contributed by atoms with van der Waals surface area (Å²) in [4.78, 5) is 23.4. The van der Waals surface area contributed by atoms with Gasteiger partial charge in [0.05, 0.1) is 22.3 Å². The number of fused-ring (bicyclic) bond motifs is 4. The van der Waals surface area contributed by atoms with Gasteiger partial charge in [-0.2, -0.15) is 0 Å². The van der Waals surface area contributed by atoms with Gasteiger partial charge in [-0.15, -0.1) is 0 Å². The molecule has 0 aliphatic carbocycles. The average Bonchev–Trinajstić information content (AvgIpc) is 2.82. The van der Waals surface area contributed by atoms with E-state index in [4.69, 9.17) is 11.6 Å². The number of aromatic nitrogens is 2. The Labute approximate surface area is 127 Å². The predicted molar refractivity (Wildman–Crippen MR) is 79.1 cm³/mol. The number of hydrogen-bond acceptors (Lipinski definition) is 3. The van der Waals surface area contributed by atoms with Crippen molar-refractivity contribution in [3.05, 3.63) is 58.6 Å². The summed E-state index contributed by atoms with van der Waals surface area (Å²) in [5.74, 6) is 0.0163. The molecule has 0 N–H and O–H groups in total. The van der Waals surface area contributed by atoms with E-state index in [1.807, 2.05) is 23.2 Å². The molecular formula is C16H14ClN3O. The van der Waals surface area contributed by atoms with Crippen molar-refractivity contribution in [1.82, 2.24) is 14.9 Å². The molecule has 2 unspecified atom stereocenters. The number of carbonyl (C=O) groups excluding carboxylic acids is 1. The lowest BCUT2D eigenvalue weighted by atomic mass is 9.98. The Balaban J connectivity index is 1.75. The number of benzene rings is 1. The van der Waals surface area contributed by atoms with Gasteiger partial charge in [-0.05, 0) is 25.0 Å². The first kappa shape index (κ1) is 12.8. The van der Waals surface area contributed by atoms with E-state index in [-0.39, 0.29) is 18.0 Å². The normalized spacial score (nSPS) is 23.0. The van der Waals surface area contributed by atoms with Gasteiger partial charge >= 0.3 is 0 Å². The zero-order valence-corrected chi connectivity index (χ0v) is 12.1. The van der Waals surface area contributed by atoms with E-state index in [0.29, 0.717) is 10.6 Å². The maximum Gasteiger partial charge on any atom is 0.256 e. The van der Waals surface area contributed by atoms with E-state index in [9.17, 15) is 4.79 Å². The maximum atomic E-state index is 12.9. The van der Waals surface area contributed by atoms with Crippen LogP contribution in [-0.2, 0) is 6.42 Å². The summed E-state index contributed by atoms with van der Waals surface area (Å²) in [6, 6.07) is 7.55. The molecule has 4 rings (SSSR count). The highest BCUT2D eigenvalue weighted by molar-refractivity contribution is 6.33. The molecular weight excluding hydrogens is 286 g/mol. The Hall–Kier alpha value is -1.94. The number of carbonyl (C=O) groups is 1. The third-order valence-electron chi connectivity index (χ3n) is 4.46. The number of halogens is 1. The third-order valence-corrected chi connectivity index (χ3v) is 4.79. The van der Waals surface area contributed by atoms with Crippen molar-refractivity contribution < 1.29 is 4.79 Å². The summed E-state index contributed by atoms with van der Waals surface area (Å²) >= 11 is 6.18. The van der Waals surface area contributed by atoms with Gasteiger partial charge in [-0.1, -0.05) is 23.7 Å². The Morgan fingerprint density at radius 3 is 3.00 bits per heavy atom. The molecule has 2 aromatic rings. The van der Waals surface area contributed by atoms with Crippen molar-refractivity contribution in [3.8, 4) is 0 Å². The number of nitrogens with zero attached hydrogens (tertiary/aromatic N) is 3. The average molecular weight is 300 g/mol. The van der Waals surface area contributed by atoms with Crippen LogP contribution in [0.25, 0.3) is 0 Å². The minimum atomic E-state index is 0.0163. The minimum absolute atomic E-state index is 0.0163. The Morgan fingerprint density at radius 1 is 1.29 bits per heavy atom. The molecule has 2 bridgehead atoms. The van der Waals surface area contributed by atoms with Gasteiger partial charge in [-0.25, -0.2) is 9.97 Å². The lowest BCUT2D eigenvalue weighted by Crippen LogP contribution is -2.42. The monoisotopic (exact) mass is 299 g/mol. The molecule has 4 nitrogen and oxygen atoms in total. The summed E-state index contributed by atoms with van der Waals surface area (Å²) < 4.78 is 0. The van der Waals surface area contributed by atoms with Gasteiger partial charge in [0.1, 0.15) is 6.33 Å². The summed E-state index contributed by atoms with van der Waals surface area (Å²) in [5, 5.41) is 0.511. The highest BCUT2D eigenvalue weighted by atomic mass is 35.5. The molecule has 1 fully saturated rings. The fourth-order valence-corrected chi connectivity index (χ4v) is 3.72. The quantitative estimate of drug-likeness (QED) is 0.813. The van der Waals surface area contributed by atoms with Crippen molar-refractivity contribution in [2.45, 2.75) is 31.3 Å². The highest BCUT2D eigenvalue weighted by Crippen LogP contribution is 2.43. The van der Waals surface area contributed by atoms with Crippen LogP contribution in [0.1, 0.15) is 40.5 Å². The smallest absolute Gasteiger partial charge is 0.256 e. The second-order valence-corrected chi connectivity index (χ2v) is 5.98. The molecule has 3 heterocycles. The van der Waals surface area contributed by atoms with E-state index in [0.717, 1.165) is 30.5 Å². The number of amides is 1. The molecule has 0 radical (unpaired) electrons. The van der Waals surface area contributed by atoms with Crippen molar-refractivity contribution in [2.24, 2.45) is 0 Å². The molecule has 0 saturated carbocycles. The second-order valence-electron chi connectivity index (χ2n) is 5.57. The van der Waals surface area contributed by atoms with Crippen molar-refractivity contribution >= 4 is 17.5 Å². The molecule has 2 atom stereocenters. The van der Waals surface area contributed by atoms with Crippen LogP contribution in [0, 0.1) is 0 Å². The van der Waals surface area contributed by atoms with Crippen LogP contribution < -0.4 is 0 Å². The first-order valence-corrected chi connectivity index (χ1v) is 7.49. The van der Waals surface area contributed by atoms with Crippen LogP contribution in [0.4, 0.5) is 0 Å². The molecule has 21 heavy (non-hydrogen) atoms. The second kappa shape index (κ2) is 4.81. The first-order chi connectivity index (χ1) is 10.3. The van der Waals surface area contributed by atoms with Gasteiger partial charge in [0.15, 0.2) is 0 Å². The lowest BCUT2D eigenvalue weighted by Gasteiger charge is -2.35. The van der Waals surface area contributed by atoms with E-state index < -0.39 is 0 Å². The van der Waals surface area contributed by atoms with Crippen molar-refractivity contribution in [3.63, 3.8) is 0 Å². The molecule has 1 aromatic carbocycles. The summed E-state index contributed by atoms with van der Waals surface area (Å²) in [7, 11) is 0. The summed E-state index contributed by atoms with van der Waals surface area (Å²) in [6.45, 7) is 0. The molecule has 5 heteroatoms. The van der Waals surface area contributed by atoms with Gasteiger partial charge in [0.25, 0.3) is 5.91 Å². The number of hydrogen-bond donors (Lipinski definition) is 0. The van der Waals surface area contributed by atoms with Crippen LogP contribution >= 0.6 is 11.6 Å². The zero-order valence-electron chi connectivity index (χ0n) is 11.4. The van der Waals surface area contributed by atoms with Crippen molar-refractivity contribution in [2.75, 3.05) is 0 Å². The van der Waals surface area contributed by atoms with Crippen LogP contribution in [0.5, 0.6) is 0 Å². The zero-order chi connectivity index (χ0) is 14.4. The molecule has 1 aromatic heterocycles. The van der Waals surface area contributed by atoms with E-state index >= 15 is 0 Å². The van der Waals surface area contributed by atoms with Gasteiger partial charge in [-0.3, -0.25) is 4.79 Å². The van der Waals surface area contributed by atoms with Crippen LogP contribution in [0.3, 0.4) is 0 Å². The fourth-order valence-electron chi connectivity index (χ4n) is 3.51. The molecule has 0 spiro atoms. The van der Waals surface area contributed by atoms with Gasteiger partial charge in [0.2, 0.25) is 0 Å².